The van der Waals surface area contributed by atoms with E-state index in [1.54, 1.807) is 12.1 Å². The van der Waals surface area contributed by atoms with Gasteiger partial charge in [0.1, 0.15) is 11.1 Å². The number of fused-ring (bicyclic) bond motifs is 1. The van der Waals surface area contributed by atoms with E-state index in [2.05, 4.69) is 11.4 Å². The van der Waals surface area contributed by atoms with Crippen LogP contribution in [0.2, 0.25) is 0 Å². The van der Waals surface area contributed by atoms with Gasteiger partial charge in [-0.2, -0.15) is 5.26 Å². The number of amides is 1. The molecular weight excluding hydrogens is 444 g/mol. The van der Waals surface area contributed by atoms with Gasteiger partial charge >= 0.3 is 0 Å². The largest absolute Gasteiger partial charge is 0.493 e. The van der Waals surface area contributed by atoms with Gasteiger partial charge < -0.3 is 29.0 Å². The van der Waals surface area contributed by atoms with Gasteiger partial charge in [-0.05, 0) is 42.3 Å². The molecule has 0 aliphatic carbocycles. The molecule has 0 spiro atoms. The lowest BCUT2D eigenvalue weighted by atomic mass is 10.1. The highest BCUT2D eigenvalue weighted by Crippen LogP contribution is 2.40. The van der Waals surface area contributed by atoms with E-state index in [0.29, 0.717) is 45.5 Å². The molecule has 1 aliphatic rings. The summed E-state index contributed by atoms with van der Waals surface area (Å²) in [6.07, 6.45) is 0.599. The van der Waals surface area contributed by atoms with Gasteiger partial charge in [-0.25, -0.2) is 0 Å². The summed E-state index contributed by atoms with van der Waals surface area (Å²) in [5.41, 5.74) is 2.62. The zero-order valence-electron chi connectivity index (χ0n) is 18.6. The molecule has 170 valence electrons. The number of hydrogen-bond donors (Lipinski definition) is 1. The van der Waals surface area contributed by atoms with E-state index in [1.807, 2.05) is 25.1 Å². The summed E-state index contributed by atoms with van der Waals surface area (Å²) in [6.45, 7) is 2.10. The zero-order chi connectivity index (χ0) is 23.5. The average Bonchev–Trinajstić information content (AvgIpc) is 3.41. The number of benzene rings is 2. The molecule has 8 nitrogen and oxygen atoms in total. The van der Waals surface area contributed by atoms with E-state index in [4.69, 9.17) is 23.7 Å². The Kier molecular flexibility index (Phi) is 6.29. The van der Waals surface area contributed by atoms with Crippen molar-refractivity contribution in [2.45, 2.75) is 13.3 Å². The van der Waals surface area contributed by atoms with E-state index in [0.717, 1.165) is 21.8 Å². The normalized spacial score (nSPS) is 11.6. The fourth-order valence-electron chi connectivity index (χ4n) is 3.58. The molecule has 4 rings (SSSR count). The molecule has 1 aromatic heterocycles. The lowest BCUT2D eigenvalue weighted by Crippen LogP contribution is -2.12. The third kappa shape index (κ3) is 4.25. The number of thiophene rings is 1. The first-order valence-corrected chi connectivity index (χ1v) is 10.8. The van der Waals surface area contributed by atoms with Crippen LogP contribution < -0.4 is 29.0 Å². The van der Waals surface area contributed by atoms with Gasteiger partial charge in [0.25, 0.3) is 5.91 Å². The molecule has 0 atom stereocenters. The molecule has 2 aromatic carbocycles. The number of methoxy groups -OCH3 is 3. The summed E-state index contributed by atoms with van der Waals surface area (Å²) in [4.78, 5) is 14.0. The first-order chi connectivity index (χ1) is 16.0. The first-order valence-electron chi connectivity index (χ1n) is 10.0. The lowest BCUT2D eigenvalue weighted by Gasteiger charge is -2.14. The average molecular weight is 467 g/mol. The van der Waals surface area contributed by atoms with Gasteiger partial charge in [-0.15, -0.1) is 11.3 Å². The predicted octanol–water partition coefficient (Wildman–Crippen LogP) is 4.53. The predicted molar refractivity (Wildman–Crippen MR) is 123 cm³/mol. The quantitative estimate of drug-likeness (QED) is 0.546. The van der Waals surface area contributed by atoms with Crippen molar-refractivity contribution in [2.75, 3.05) is 33.4 Å². The molecule has 0 saturated carbocycles. The van der Waals surface area contributed by atoms with Crippen LogP contribution in [0.4, 0.5) is 5.00 Å². The second-order valence-corrected chi connectivity index (χ2v) is 8.30. The summed E-state index contributed by atoms with van der Waals surface area (Å²) in [7, 11) is 4.46. The second kappa shape index (κ2) is 9.30. The van der Waals surface area contributed by atoms with E-state index >= 15 is 0 Å². The van der Waals surface area contributed by atoms with Crippen molar-refractivity contribution in [3.8, 4) is 34.8 Å². The summed E-state index contributed by atoms with van der Waals surface area (Å²) < 4.78 is 26.8. The SMILES string of the molecule is COc1cc(C(=O)Nc2sc(Cc3ccc4c(c3)OCO4)c(C)c2C#N)cc(OC)c1OC. The van der Waals surface area contributed by atoms with Crippen molar-refractivity contribution in [3.63, 3.8) is 0 Å². The van der Waals surface area contributed by atoms with Gasteiger partial charge in [0, 0.05) is 16.9 Å². The number of anilines is 1. The number of hydrogen-bond acceptors (Lipinski definition) is 8. The molecule has 9 heteroatoms. The van der Waals surface area contributed by atoms with Gasteiger partial charge in [0.15, 0.2) is 23.0 Å². The van der Waals surface area contributed by atoms with E-state index in [-0.39, 0.29) is 12.7 Å². The summed E-state index contributed by atoms with van der Waals surface area (Å²) in [6, 6.07) is 11.1. The molecule has 1 N–H and O–H groups in total. The Morgan fingerprint density at radius 2 is 1.79 bits per heavy atom. The number of carbonyl (C=O) groups excluding carboxylic acids is 1. The van der Waals surface area contributed by atoms with E-state index in [9.17, 15) is 10.1 Å². The van der Waals surface area contributed by atoms with Gasteiger partial charge in [0.2, 0.25) is 12.5 Å². The van der Waals surface area contributed by atoms with Crippen LogP contribution >= 0.6 is 11.3 Å². The van der Waals surface area contributed by atoms with Crippen LogP contribution in [0.3, 0.4) is 0 Å². The molecule has 0 bridgehead atoms. The molecule has 0 radical (unpaired) electrons. The molecule has 0 fully saturated rings. The van der Waals surface area contributed by atoms with Gasteiger partial charge in [-0.1, -0.05) is 6.07 Å². The minimum absolute atomic E-state index is 0.215. The third-order valence-electron chi connectivity index (χ3n) is 5.31. The molecular formula is C24H22N2O6S. The number of nitriles is 1. The smallest absolute Gasteiger partial charge is 0.256 e. The topological polar surface area (TPSA) is 99.0 Å². The summed E-state index contributed by atoms with van der Waals surface area (Å²) >= 11 is 1.38. The third-order valence-corrected chi connectivity index (χ3v) is 6.52. The molecule has 1 amide bonds. The monoisotopic (exact) mass is 466 g/mol. The second-order valence-electron chi connectivity index (χ2n) is 7.20. The Bertz CT molecular complexity index is 1240. The Balaban J connectivity index is 1.61. The fraction of sp³-hybridized carbons (Fsp3) is 0.250. The molecule has 33 heavy (non-hydrogen) atoms. The highest BCUT2D eigenvalue weighted by molar-refractivity contribution is 7.16. The van der Waals surface area contributed by atoms with Crippen molar-refractivity contribution in [3.05, 3.63) is 57.5 Å². The maximum atomic E-state index is 13.0. The van der Waals surface area contributed by atoms with Crippen molar-refractivity contribution in [2.24, 2.45) is 0 Å². The number of nitrogens with one attached hydrogen (secondary N) is 1. The van der Waals surface area contributed by atoms with Crippen LogP contribution in [0.1, 0.15) is 31.9 Å². The Hall–Kier alpha value is -3.90. The van der Waals surface area contributed by atoms with Crippen LogP contribution in [0.5, 0.6) is 28.7 Å². The van der Waals surface area contributed by atoms with Crippen LogP contribution in [0, 0.1) is 18.3 Å². The molecule has 0 unspecified atom stereocenters. The molecule has 1 aliphatic heterocycles. The standard InChI is InChI=1S/C24H22N2O6S/c1-13-16(11-25)24(33-21(13)8-14-5-6-17-18(7-14)32-12-31-17)26-23(27)15-9-19(28-2)22(30-4)20(10-15)29-3/h5-7,9-10H,8,12H2,1-4H3,(H,26,27). The molecule has 0 saturated heterocycles. The van der Waals surface area contributed by atoms with E-state index < -0.39 is 0 Å². The number of rotatable bonds is 7. The van der Waals surface area contributed by atoms with Crippen molar-refractivity contribution >= 4 is 22.2 Å². The fourth-order valence-corrected chi connectivity index (χ4v) is 4.76. The Morgan fingerprint density at radius 1 is 1.09 bits per heavy atom. The highest BCUT2D eigenvalue weighted by atomic mass is 32.1. The van der Waals surface area contributed by atoms with Gasteiger partial charge in [0.05, 0.1) is 26.9 Å². The van der Waals surface area contributed by atoms with Gasteiger partial charge in [-0.3, -0.25) is 4.79 Å². The number of nitrogens with zero attached hydrogens (tertiary/aromatic N) is 1. The van der Waals surface area contributed by atoms with Crippen LogP contribution in [-0.2, 0) is 6.42 Å². The van der Waals surface area contributed by atoms with Crippen LogP contribution in [-0.4, -0.2) is 34.0 Å². The summed E-state index contributed by atoms with van der Waals surface area (Å²) in [5.74, 6) is 2.17. The minimum Gasteiger partial charge on any atom is -0.493 e. The van der Waals surface area contributed by atoms with E-state index in [1.165, 1.54) is 32.7 Å². The molecule has 3 aromatic rings. The highest BCUT2D eigenvalue weighted by Gasteiger charge is 2.21. The summed E-state index contributed by atoms with van der Waals surface area (Å²) in [5, 5.41) is 13.1. The maximum absolute atomic E-state index is 13.0. The Morgan fingerprint density at radius 3 is 2.42 bits per heavy atom. The maximum Gasteiger partial charge on any atom is 0.256 e. The van der Waals surface area contributed by atoms with Crippen molar-refractivity contribution in [1.29, 1.82) is 5.26 Å². The number of carbonyl (C=O) groups is 1. The first kappa shape index (κ1) is 22.3. The van der Waals surface area contributed by atoms with Crippen LogP contribution in [0.25, 0.3) is 0 Å². The lowest BCUT2D eigenvalue weighted by molar-refractivity contribution is 0.102. The van der Waals surface area contributed by atoms with Crippen LogP contribution in [0.15, 0.2) is 30.3 Å². The zero-order valence-corrected chi connectivity index (χ0v) is 19.4. The Labute approximate surface area is 195 Å². The molecule has 2 heterocycles. The minimum atomic E-state index is -0.387. The van der Waals surface area contributed by atoms with Crippen molar-refractivity contribution in [1.82, 2.24) is 0 Å². The number of ether oxygens (including phenoxy) is 5. The van der Waals surface area contributed by atoms with Crippen molar-refractivity contribution < 1.29 is 28.5 Å².